The van der Waals surface area contributed by atoms with Gasteiger partial charge >= 0.3 is 0 Å². The molecule has 0 N–H and O–H groups in total. The van der Waals surface area contributed by atoms with E-state index < -0.39 is 0 Å². The normalized spacial score (nSPS) is 10.1. The molecule has 0 aliphatic heterocycles. The van der Waals surface area contributed by atoms with Gasteiger partial charge in [0, 0.05) is 11.8 Å². The van der Waals surface area contributed by atoms with E-state index in [9.17, 15) is 4.79 Å². The Labute approximate surface area is 144 Å². The fourth-order valence-corrected chi connectivity index (χ4v) is 3.08. The van der Waals surface area contributed by atoms with Crippen LogP contribution in [0.2, 0.25) is 0 Å². The standard InChI is InChI=1S/C19H15N3OS/c20-8-6-15-3-1-4-17(11-15)19(23)22(13-16-7-10-24-14-16)18-5-2-9-21-12-18/h1-5,7,9-12,14H,6,13H2. The van der Waals surface area contributed by atoms with Crippen LogP contribution in [-0.2, 0) is 13.0 Å². The average molecular weight is 333 g/mol. The van der Waals surface area contributed by atoms with Gasteiger partial charge in [-0.3, -0.25) is 9.78 Å². The maximum absolute atomic E-state index is 13.0. The number of nitrogens with zero attached hydrogens (tertiary/aromatic N) is 3. The summed E-state index contributed by atoms with van der Waals surface area (Å²) in [6.45, 7) is 0.483. The Bertz CT molecular complexity index is 854. The molecule has 24 heavy (non-hydrogen) atoms. The number of rotatable bonds is 5. The van der Waals surface area contributed by atoms with Crippen LogP contribution in [0.25, 0.3) is 0 Å². The molecule has 1 aromatic carbocycles. The maximum atomic E-state index is 13.0. The second-order valence-corrected chi connectivity index (χ2v) is 6.05. The molecule has 0 aliphatic carbocycles. The Morgan fingerprint density at radius 1 is 1.21 bits per heavy atom. The lowest BCUT2D eigenvalue weighted by molar-refractivity contribution is 0.0985. The summed E-state index contributed by atoms with van der Waals surface area (Å²) >= 11 is 1.60. The Kier molecular flexibility index (Phi) is 4.99. The van der Waals surface area contributed by atoms with Crippen LogP contribution >= 0.6 is 11.3 Å². The number of carbonyl (C=O) groups excluding carboxylic acids is 1. The smallest absolute Gasteiger partial charge is 0.258 e. The molecule has 1 amide bonds. The van der Waals surface area contributed by atoms with Gasteiger partial charge in [0.1, 0.15) is 0 Å². The minimum atomic E-state index is -0.103. The Morgan fingerprint density at radius 2 is 2.12 bits per heavy atom. The molecule has 0 saturated carbocycles. The van der Waals surface area contributed by atoms with Gasteiger partial charge in [0.2, 0.25) is 0 Å². The van der Waals surface area contributed by atoms with Crippen LogP contribution in [0.3, 0.4) is 0 Å². The highest BCUT2D eigenvalue weighted by Gasteiger charge is 2.19. The third kappa shape index (κ3) is 3.67. The van der Waals surface area contributed by atoms with E-state index in [4.69, 9.17) is 5.26 Å². The van der Waals surface area contributed by atoms with E-state index in [0.29, 0.717) is 18.5 Å². The molecular formula is C19H15N3OS. The molecule has 118 valence electrons. The predicted octanol–water partition coefficient (Wildman–Crippen LogP) is 4.06. The number of aromatic nitrogens is 1. The van der Waals surface area contributed by atoms with Crippen molar-refractivity contribution in [2.24, 2.45) is 0 Å². The largest absolute Gasteiger partial charge is 0.302 e. The molecule has 4 nitrogen and oxygen atoms in total. The summed E-state index contributed by atoms with van der Waals surface area (Å²) in [4.78, 5) is 18.9. The summed E-state index contributed by atoms with van der Waals surface area (Å²) in [6, 6.07) is 15.0. The van der Waals surface area contributed by atoms with Crippen molar-refractivity contribution in [3.05, 3.63) is 82.3 Å². The first kappa shape index (κ1) is 15.9. The van der Waals surface area contributed by atoms with Crippen molar-refractivity contribution in [2.75, 3.05) is 4.90 Å². The van der Waals surface area contributed by atoms with Gasteiger partial charge in [-0.15, -0.1) is 0 Å². The third-order valence-corrected chi connectivity index (χ3v) is 4.31. The number of thiophene rings is 1. The van der Waals surface area contributed by atoms with E-state index in [-0.39, 0.29) is 5.91 Å². The van der Waals surface area contributed by atoms with Crippen molar-refractivity contribution in [1.29, 1.82) is 5.26 Å². The van der Waals surface area contributed by atoms with Crippen LogP contribution < -0.4 is 4.90 Å². The minimum absolute atomic E-state index is 0.103. The highest BCUT2D eigenvalue weighted by molar-refractivity contribution is 7.07. The summed E-state index contributed by atoms with van der Waals surface area (Å²) < 4.78 is 0. The van der Waals surface area contributed by atoms with Crippen LogP contribution in [0, 0.1) is 11.3 Å². The van der Waals surface area contributed by atoms with Crippen molar-refractivity contribution in [3.63, 3.8) is 0 Å². The summed E-state index contributed by atoms with van der Waals surface area (Å²) in [7, 11) is 0. The number of pyridine rings is 1. The molecule has 0 atom stereocenters. The minimum Gasteiger partial charge on any atom is -0.302 e. The summed E-state index contributed by atoms with van der Waals surface area (Å²) in [6.07, 6.45) is 3.66. The van der Waals surface area contributed by atoms with E-state index in [1.165, 1.54) is 0 Å². The number of amides is 1. The lowest BCUT2D eigenvalue weighted by Gasteiger charge is -2.22. The van der Waals surface area contributed by atoms with Gasteiger partial charge in [0.15, 0.2) is 0 Å². The molecule has 0 fully saturated rings. The molecule has 3 aromatic rings. The summed E-state index contributed by atoms with van der Waals surface area (Å²) in [5, 5.41) is 12.9. The number of hydrogen-bond acceptors (Lipinski definition) is 4. The number of carbonyl (C=O) groups is 1. The topological polar surface area (TPSA) is 57.0 Å². The number of benzene rings is 1. The lowest BCUT2D eigenvalue weighted by atomic mass is 10.1. The lowest BCUT2D eigenvalue weighted by Crippen LogP contribution is -2.30. The molecule has 0 spiro atoms. The highest BCUT2D eigenvalue weighted by Crippen LogP contribution is 2.21. The SMILES string of the molecule is N#CCc1cccc(C(=O)N(Cc2ccsc2)c2cccnc2)c1. The molecule has 0 aliphatic rings. The molecule has 0 unspecified atom stereocenters. The zero-order chi connectivity index (χ0) is 16.8. The van der Waals surface area contributed by atoms with E-state index in [0.717, 1.165) is 16.8 Å². The van der Waals surface area contributed by atoms with Crippen LogP contribution in [0.1, 0.15) is 21.5 Å². The molecule has 0 radical (unpaired) electrons. The monoisotopic (exact) mass is 333 g/mol. The van der Waals surface area contributed by atoms with Crippen molar-refractivity contribution in [1.82, 2.24) is 4.98 Å². The Morgan fingerprint density at radius 3 is 2.83 bits per heavy atom. The molecule has 3 rings (SSSR count). The van der Waals surface area contributed by atoms with Crippen LogP contribution in [-0.4, -0.2) is 10.9 Å². The summed E-state index contributed by atoms with van der Waals surface area (Å²) in [5.74, 6) is -0.103. The van der Waals surface area contributed by atoms with Gasteiger partial charge in [-0.25, -0.2) is 0 Å². The van der Waals surface area contributed by atoms with Gasteiger partial charge in [-0.2, -0.15) is 16.6 Å². The quantitative estimate of drug-likeness (QED) is 0.707. The number of hydrogen-bond donors (Lipinski definition) is 0. The predicted molar refractivity (Wildman–Crippen MR) is 94.8 cm³/mol. The number of anilines is 1. The maximum Gasteiger partial charge on any atom is 0.258 e. The second-order valence-electron chi connectivity index (χ2n) is 5.27. The van der Waals surface area contributed by atoms with Crippen molar-refractivity contribution < 1.29 is 4.79 Å². The fourth-order valence-electron chi connectivity index (χ4n) is 2.42. The van der Waals surface area contributed by atoms with Crippen molar-refractivity contribution >= 4 is 22.9 Å². The molecule has 2 aromatic heterocycles. The Balaban J connectivity index is 1.94. The molecular weight excluding hydrogens is 318 g/mol. The van der Waals surface area contributed by atoms with Gasteiger partial charge in [0.05, 0.1) is 30.9 Å². The molecule has 2 heterocycles. The van der Waals surface area contributed by atoms with E-state index in [1.807, 2.05) is 41.1 Å². The zero-order valence-corrected chi connectivity index (χ0v) is 13.7. The zero-order valence-electron chi connectivity index (χ0n) is 12.9. The van der Waals surface area contributed by atoms with Gasteiger partial charge in [0.25, 0.3) is 5.91 Å². The number of nitriles is 1. The molecule has 5 heteroatoms. The first-order valence-corrected chi connectivity index (χ1v) is 8.41. The van der Waals surface area contributed by atoms with Crippen LogP contribution in [0.15, 0.2) is 65.6 Å². The Hall–Kier alpha value is -2.97. The average Bonchev–Trinajstić information content (AvgIpc) is 3.14. The van der Waals surface area contributed by atoms with Gasteiger partial charge in [-0.05, 0) is 52.2 Å². The fraction of sp³-hybridized carbons (Fsp3) is 0.105. The first-order chi connectivity index (χ1) is 11.8. The van der Waals surface area contributed by atoms with Gasteiger partial charge < -0.3 is 4.90 Å². The van der Waals surface area contributed by atoms with Crippen molar-refractivity contribution in [3.8, 4) is 6.07 Å². The molecule has 0 bridgehead atoms. The third-order valence-electron chi connectivity index (χ3n) is 3.58. The van der Waals surface area contributed by atoms with Crippen LogP contribution in [0.5, 0.6) is 0 Å². The van der Waals surface area contributed by atoms with E-state index in [2.05, 4.69) is 11.1 Å². The van der Waals surface area contributed by atoms with E-state index in [1.54, 1.807) is 40.8 Å². The van der Waals surface area contributed by atoms with E-state index >= 15 is 0 Å². The van der Waals surface area contributed by atoms with Crippen molar-refractivity contribution in [2.45, 2.75) is 13.0 Å². The van der Waals surface area contributed by atoms with Gasteiger partial charge in [-0.1, -0.05) is 12.1 Å². The first-order valence-electron chi connectivity index (χ1n) is 7.47. The highest BCUT2D eigenvalue weighted by atomic mass is 32.1. The second kappa shape index (κ2) is 7.53. The molecule has 0 saturated heterocycles. The van der Waals surface area contributed by atoms with Crippen LogP contribution in [0.4, 0.5) is 5.69 Å². The summed E-state index contributed by atoms with van der Waals surface area (Å²) in [5.41, 5.74) is 3.23.